The molecule has 0 aliphatic carbocycles. The Morgan fingerprint density at radius 1 is 0.220 bits per heavy atom. The van der Waals surface area contributed by atoms with Crippen LogP contribution in [0.3, 0.4) is 0 Å². The van der Waals surface area contributed by atoms with Gasteiger partial charge < -0.3 is 4.90 Å². The molecular formula is C58H41N. The largest absolute Gasteiger partial charge is 0.310 e. The van der Waals surface area contributed by atoms with Crippen LogP contribution in [0.15, 0.2) is 249 Å². The molecule has 1 heteroatoms. The smallest absolute Gasteiger partial charge is 0.0546 e. The quantitative estimate of drug-likeness (QED) is 0.142. The molecular weight excluding hydrogens is 711 g/mol. The summed E-state index contributed by atoms with van der Waals surface area (Å²) in [6.45, 7) is 0. The van der Waals surface area contributed by atoms with Crippen LogP contribution in [0.25, 0.3) is 77.5 Å². The zero-order valence-corrected chi connectivity index (χ0v) is 32.6. The van der Waals surface area contributed by atoms with E-state index >= 15 is 0 Å². The van der Waals surface area contributed by atoms with Crippen LogP contribution >= 0.6 is 0 Å². The van der Waals surface area contributed by atoms with Crippen molar-refractivity contribution in [2.45, 2.75) is 0 Å². The van der Waals surface area contributed by atoms with E-state index in [1.54, 1.807) is 0 Å². The van der Waals surface area contributed by atoms with Gasteiger partial charge in [0.05, 0.1) is 5.69 Å². The van der Waals surface area contributed by atoms with Gasteiger partial charge in [-0.3, -0.25) is 0 Å². The highest BCUT2D eigenvalue weighted by atomic mass is 15.1. The molecule has 0 saturated carbocycles. The third-order valence-corrected chi connectivity index (χ3v) is 11.3. The predicted molar refractivity (Wildman–Crippen MR) is 251 cm³/mol. The first kappa shape index (κ1) is 35.7. The van der Waals surface area contributed by atoms with E-state index in [2.05, 4.69) is 254 Å². The average Bonchev–Trinajstić information content (AvgIpc) is 3.33. The normalized spacial score (nSPS) is 11.1. The second-order valence-electron chi connectivity index (χ2n) is 14.9. The Morgan fingerprint density at radius 3 is 1.32 bits per heavy atom. The van der Waals surface area contributed by atoms with Crippen LogP contribution in [0.4, 0.5) is 17.1 Å². The van der Waals surface area contributed by atoms with E-state index in [1.807, 2.05) is 0 Å². The van der Waals surface area contributed by atoms with E-state index in [0.29, 0.717) is 0 Å². The molecule has 0 radical (unpaired) electrons. The highest BCUT2D eigenvalue weighted by molar-refractivity contribution is 6.01. The van der Waals surface area contributed by atoms with Crippen molar-refractivity contribution in [2.24, 2.45) is 0 Å². The molecule has 0 heterocycles. The standard InChI is InChI=1S/C58H41N/c1-4-16-42(17-5-1)44-30-32-45(33-31-44)46-36-38-52(39-37-46)59(53-25-14-24-50(41-53)51-35-34-43-18-10-11-23-49(43)40-51)57-29-15-28-55(48-21-8-3-9-22-48)58(57)56-27-13-12-26-54(56)47-19-6-2-7-20-47/h1-41H. The summed E-state index contributed by atoms with van der Waals surface area (Å²) in [4.78, 5) is 2.44. The number of fused-ring (bicyclic) bond motifs is 1. The van der Waals surface area contributed by atoms with Gasteiger partial charge in [0, 0.05) is 16.9 Å². The molecule has 278 valence electrons. The van der Waals surface area contributed by atoms with Gasteiger partial charge in [0.25, 0.3) is 0 Å². The predicted octanol–water partition coefficient (Wildman–Crippen LogP) is 16.3. The Bertz CT molecular complexity index is 3000. The fourth-order valence-electron chi connectivity index (χ4n) is 8.35. The van der Waals surface area contributed by atoms with Gasteiger partial charge in [-0.2, -0.15) is 0 Å². The summed E-state index contributed by atoms with van der Waals surface area (Å²) in [6.07, 6.45) is 0. The monoisotopic (exact) mass is 751 g/mol. The second kappa shape index (κ2) is 16.0. The molecule has 0 amide bonds. The lowest BCUT2D eigenvalue weighted by Gasteiger charge is -2.30. The summed E-state index contributed by atoms with van der Waals surface area (Å²) < 4.78 is 0. The van der Waals surface area contributed by atoms with Gasteiger partial charge in [-0.1, -0.05) is 212 Å². The molecule has 0 N–H and O–H groups in total. The SMILES string of the molecule is c1ccc(-c2ccc(-c3ccc(N(c4cccc(-c5ccc6ccccc6c5)c4)c4cccc(-c5ccccc5)c4-c4ccccc4-c4ccccc4)cc3)cc2)cc1. The van der Waals surface area contributed by atoms with Crippen LogP contribution in [-0.4, -0.2) is 0 Å². The lowest BCUT2D eigenvalue weighted by molar-refractivity contribution is 1.28. The zero-order valence-electron chi connectivity index (χ0n) is 32.6. The number of rotatable bonds is 9. The highest BCUT2D eigenvalue weighted by Crippen LogP contribution is 2.48. The van der Waals surface area contributed by atoms with Gasteiger partial charge in [-0.25, -0.2) is 0 Å². The number of hydrogen-bond acceptors (Lipinski definition) is 1. The highest BCUT2D eigenvalue weighted by Gasteiger charge is 2.23. The maximum Gasteiger partial charge on any atom is 0.0546 e. The third-order valence-electron chi connectivity index (χ3n) is 11.3. The van der Waals surface area contributed by atoms with Crippen LogP contribution < -0.4 is 4.90 Å². The summed E-state index contributed by atoms with van der Waals surface area (Å²) in [7, 11) is 0. The molecule has 0 bridgehead atoms. The molecule has 0 fully saturated rings. The third kappa shape index (κ3) is 7.23. The number of nitrogens with zero attached hydrogens (tertiary/aromatic N) is 1. The topological polar surface area (TPSA) is 3.24 Å². The molecule has 10 aromatic rings. The van der Waals surface area contributed by atoms with Crippen molar-refractivity contribution < 1.29 is 0 Å². The van der Waals surface area contributed by atoms with Crippen LogP contribution in [0.2, 0.25) is 0 Å². The van der Waals surface area contributed by atoms with E-state index in [0.717, 1.165) is 17.1 Å². The van der Waals surface area contributed by atoms with Crippen molar-refractivity contribution in [3.63, 3.8) is 0 Å². The summed E-state index contributed by atoms with van der Waals surface area (Å²) >= 11 is 0. The van der Waals surface area contributed by atoms with Crippen molar-refractivity contribution >= 4 is 27.8 Å². The molecule has 0 atom stereocenters. The Morgan fingerprint density at radius 2 is 0.661 bits per heavy atom. The van der Waals surface area contributed by atoms with Gasteiger partial charge in [-0.15, -0.1) is 0 Å². The van der Waals surface area contributed by atoms with E-state index in [1.165, 1.54) is 77.5 Å². The minimum absolute atomic E-state index is 1.08. The van der Waals surface area contributed by atoms with Gasteiger partial charge in [0.1, 0.15) is 0 Å². The minimum atomic E-state index is 1.08. The molecule has 10 rings (SSSR count). The Balaban J connectivity index is 1.16. The van der Waals surface area contributed by atoms with E-state index in [9.17, 15) is 0 Å². The van der Waals surface area contributed by atoms with Crippen LogP contribution in [-0.2, 0) is 0 Å². The van der Waals surface area contributed by atoms with Gasteiger partial charge in [-0.05, 0) is 108 Å². The number of hydrogen-bond donors (Lipinski definition) is 0. The first-order valence-corrected chi connectivity index (χ1v) is 20.3. The Labute approximate surface area is 346 Å². The molecule has 0 aliphatic heterocycles. The minimum Gasteiger partial charge on any atom is -0.310 e. The lowest BCUT2D eigenvalue weighted by atomic mass is 9.87. The fraction of sp³-hybridized carbons (Fsp3) is 0. The molecule has 0 unspecified atom stereocenters. The van der Waals surface area contributed by atoms with Crippen molar-refractivity contribution in [3.8, 4) is 66.8 Å². The van der Waals surface area contributed by atoms with Crippen LogP contribution in [0.1, 0.15) is 0 Å². The first-order chi connectivity index (χ1) is 29.3. The molecule has 0 saturated heterocycles. The molecule has 1 nitrogen and oxygen atoms in total. The summed E-state index contributed by atoms with van der Waals surface area (Å²) in [6, 6.07) is 89.9. The summed E-state index contributed by atoms with van der Waals surface area (Å²) in [5.41, 5.74) is 17.5. The fourth-order valence-corrected chi connectivity index (χ4v) is 8.35. The van der Waals surface area contributed by atoms with Crippen molar-refractivity contribution in [2.75, 3.05) is 4.90 Å². The van der Waals surface area contributed by atoms with Crippen molar-refractivity contribution in [3.05, 3.63) is 249 Å². The Kier molecular flexibility index (Phi) is 9.68. The van der Waals surface area contributed by atoms with Crippen LogP contribution in [0, 0.1) is 0 Å². The molecule has 59 heavy (non-hydrogen) atoms. The molecule has 0 aliphatic rings. The zero-order chi connectivity index (χ0) is 39.4. The first-order valence-electron chi connectivity index (χ1n) is 20.3. The molecule has 0 aromatic heterocycles. The van der Waals surface area contributed by atoms with E-state index in [4.69, 9.17) is 0 Å². The van der Waals surface area contributed by atoms with Gasteiger partial charge in [0.2, 0.25) is 0 Å². The number of benzene rings is 10. The van der Waals surface area contributed by atoms with Crippen molar-refractivity contribution in [1.82, 2.24) is 0 Å². The summed E-state index contributed by atoms with van der Waals surface area (Å²) in [5.74, 6) is 0. The summed E-state index contributed by atoms with van der Waals surface area (Å²) in [5, 5.41) is 2.47. The second-order valence-corrected chi connectivity index (χ2v) is 14.9. The maximum absolute atomic E-state index is 2.44. The average molecular weight is 752 g/mol. The Hall–Kier alpha value is -7.74. The van der Waals surface area contributed by atoms with Crippen molar-refractivity contribution in [1.29, 1.82) is 0 Å². The maximum atomic E-state index is 2.44. The molecule has 0 spiro atoms. The van der Waals surface area contributed by atoms with E-state index in [-0.39, 0.29) is 0 Å². The molecule has 10 aromatic carbocycles. The number of anilines is 3. The van der Waals surface area contributed by atoms with E-state index < -0.39 is 0 Å². The lowest BCUT2D eigenvalue weighted by Crippen LogP contribution is -2.12. The van der Waals surface area contributed by atoms with Gasteiger partial charge >= 0.3 is 0 Å². The van der Waals surface area contributed by atoms with Gasteiger partial charge in [0.15, 0.2) is 0 Å². The van der Waals surface area contributed by atoms with Crippen LogP contribution in [0.5, 0.6) is 0 Å².